The zero-order valence-electron chi connectivity index (χ0n) is 7.98. The van der Waals surface area contributed by atoms with E-state index in [0.717, 1.165) is 6.29 Å². The maximum atomic E-state index is 10.8. The topological polar surface area (TPSA) is 63.2 Å². The molecule has 2 aromatic rings. The van der Waals surface area contributed by atoms with Crippen LogP contribution >= 0.6 is 0 Å². The van der Waals surface area contributed by atoms with Gasteiger partial charge in [-0.25, -0.2) is 0 Å². The van der Waals surface area contributed by atoms with Crippen LogP contribution in [0, 0.1) is 11.3 Å². The van der Waals surface area contributed by atoms with Gasteiger partial charge in [0.15, 0.2) is 17.6 Å². The molecule has 74 valence electrons. The van der Waals surface area contributed by atoms with Gasteiger partial charge in [-0.1, -0.05) is 0 Å². The van der Waals surface area contributed by atoms with Gasteiger partial charge < -0.3 is 9.15 Å². The molecule has 0 aliphatic carbocycles. The van der Waals surface area contributed by atoms with E-state index in [1.807, 2.05) is 6.07 Å². The van der Waals surface area contributed by atoms with Crippen LogP contribution in [0.3, 0.4) is 0 Å². The molecule has 0 spiro atoms. The Labute approximate surface area is 85.7 Å². The van der Waals surface area contributed by atoms with Gasteiger partial charge in [0, 0.05) is 17.0 Å². The molecule has 4 heteroatoms. The highest BCUT2D eigenvalue weighted by Crippen LogP contribution is 2.30. The molecule has 0 atom stereocenters. The number of hydrogen-bond acceptors (Lipinski definition) is 4. The fraction of sp³-hybridized carbons (Fsp3) is 0.0909. The number of carbonyl (C=O) groups is 1. The first-order valence-electron chi connectivity index (χ1n) is 4.26. The van der Waals surface area contributed by atoms with Crippen molar-refractivity contribution in [2.24, 2.45) is 0 Å². The molecule has 0 saturated carbocycles. The molecule has 0 radical (unpaired) electrons. The van der Waals surface area contributed by atoms with E-state index in [9.17, 15) is 4.79 Å². The maximum Gasteiger partial charge on any atom is 0.205 e. The maximum absolute atomic E-state index is 10.8. The van der Waals surface area contributed by atoms with Crippen LogP contribution in [-0.2, 0) is 0 Å². The number of carbonyl (C=O) groups excluding carboxylic acids is 1. The van der Waals surface area contributed by atoms with Crippen molar-refractivity contribution >= 4 is 17.3 Å². The molecule has 1 aromatic heterocycles. The molecule has 15 heavy (non-hydrogen) atoms. The number of nitrogens with zero attached hydrogens (tertiary/aromatic N) is 1. The Morgan fingerprint density at radius 2 is 2.33 bits per heavy atom. The smallest absolute Gasteiger partial charge is 0.205 e. The monoisotopic (exact) mass is 201 g/mol. The average Bonchev–Trinajstić information content (AvgIpc) is 2.71. The number of aldehydes is 1. The van der Waals surface area contributed by atoms with Crippen molar-refractivity contribution in [3.8, 4) is 11.8 Å². The summed E-state index contributed by atoms with van der Waals surface area (Å²) in [6.07, 6.45) is 0.721. The number of hydrogen-bond donors (Lipinski definition) is 0. The van der Waals surface area contributed by atoms with E-state index >= 15 is 0 Å². The molecule has 0 amide bonds. The summed E-state index contributed by atoms with van der Waals surface area (Å²) in [5.74, 6) is 0.676. The van der Waals surface area contributed by atoms with Crippen LogP contribution in [0.4, 0.5) is 0 Å². The molecule has 4 nitrogen and oxygen atoms in total. The first-order chi connectivity index (χ1) is 7.30. The molecule has 0 aliphatic rings. The molecule has 0 fully saturated rings. The summed E-state index contributed by atoms with van der Waals surface area (Å²) < 4.78 is 10.3. The highest BCUT2D eigenvalue weighted by atomic mass is 16.5. The average molecular weight is 201 g/mol. The number of nitriles is 1. The number of methoxy groups -OCH3 is 1. The Balaban J connectivity index is 2.84. The lowest BCUT2D eigenvalue weighted by atomic mass is 10.1. The summed E-state index contributed by atoms with van der Waals surface area (Å²) in [6.45, 7) is 0. The number of furan rings is 1. The Hall–Kier alpha value is -2.28. The third kappa shape index (κ3) is 1.34. The van der Waals surface area contributed by atoms with Crippen LogP contribution in [0.5, 0.6) is 5.75 Å². The predicted molar refractivity (Wildman–Crippen MR) is 52.9 cm³/mol. The van der Waals surface area contributed by atoms with Gasteiger partial charge in [-0.05, 0) is 12.1 Å². The Bertz CT molecular complexity index is 563. The van der Waals surface area contributed by atoms with Crippen molar-refractivity contribution in [2.45, 2.75) is 0 Å². The van der Waals surface area contributed by atoms with E-state index in [0.29, 0.717) is 22.3 Å². The minimum absolute atomic E-state index is 0.164. The molecule has 1 aromatic carbocycles. The summed E-state index contributed by atoms with van der Waals surface area (Å²) in [5, 5.41) is 9.29. The Kier molecular flexibility index (Phi) is 2.14. The number of fused-ring (bicyclic) bond motifs is 1. The van der Waals surface area contributed by atoms with Crippen molar-refractivity contribution in [3.05, 3.63) is 29.5 Å². The van der Waals surface area contributed by atoms with Gasteiger partial charge in [0.2, 0.25) is 5.76 Å². The summed E-state index contributed by atoms with van der Waals surface area (Å²) in [6, 6.07) is 6.68. The molecule has 0 unspecified atom stereocenters. The summed E-state index contributed by atoms with van der Waals surface area (Å²) >= 11 is 0. The lowest BCUT2D eigenvalue weighted by molar-refractivity contribution is 0.112. The normalized spacial score (nSPS) is 9.87. The fourth-order valence-electron chi connectivity index (χ4n) is 1.44. The molecule has 1 heterocycles. The largest absolute Gasteiger partial charge is 0.493 e. The van der Waals surface area contributed by atoms with Crippen molar-refractivity contribution < 1.29 is 13.9 Å². The quantitative estimate of drug-likeness (QED) is 0.698. The SMILES string of the molecule is COc1ccc(C=O)c2cc(C#N)oc12. The van der Waals surface area contributed by atoms with Gasteiger partial charge in [-0.3, -0.25) is 4.79 Å². The zero-order valence-corrected chi connectivity index (χ0v) is 7.98. The van der Waals surface area contributed by atoms with E-state index in [1.165, 1.54) is 13.2 Å². The van der Waals surface area contributed by atoms with Crippen molar-refractivity contribution in [1.82, 2.24) is 0 Å². The van der Waals surface area contributed by atoms with Gasteiger partial charge in [0.25, 0.3) is 0 Å². The number of ether oxygens (including phenoxy) is 1. The summed E-state index contributed by atoms with van der Waals surface area (Å²) in [7, 11) is 1.50. The van der Waals surface area contributed by atoms with E-state index in [1.54, 1.807) is 12.1 Å². The second-order valence-electron chi connectivity index (χ2n) is 2.94. The van der Waals surface area contributed by atoms with E-state index < -0.39 is 0 Å². The minimum Gasteiger partial charge on any atom is -0.493 e. The highest BCUT2D eigenvalue weighted by molar-refractivity contribution is 5.99. The van der Waals surface area contributed by atoms with Crippen LogP contribution in [0.25, 0.3) is 11.0 Å². The van der Waals surface area contributed by atoms with E-state index in [4.69, 9.17) is 14.4 Å². The van der Waals surface area contributed by atoms with Gasteiger partial charge in [-0.15, -0.1) is 0 Å². The molecule has 2 rings (SSSR count). The second kappa shape index (κ2) is 3.46. The van der Waals surface area contributed by atoms with Crippen LogP contribution in [0.15, 0.2) is 22.6 Å². The van der Waals surface area contributed by atoms with E-state index in [-0.39, 0.29) is 5.76 Å². The fourth-order valence-corrected chi connectivity index (χ4v) is 1.44. The number of benzene rings is 1. The van der Waals surface area contributed by atoms with Crippen LogP contribution in [-0.4, -0.2) is 13.4 Å². The first-order valence-corrected chi connectivity index (χ1v) is 4.26. The zero-order chi connectivity index (χ0) is 10.8. The van der Waals surface area contributed by atoms with Gasteiger partial charge in [-0.2, -0.15) is 5.26 Å². The Morgan fingerprint density at radius 3 is 2.93 bits per heavy atom. The van der Waals surface area contributed by atoms with Crippen molar-refractivity contribution in [1.29, 1.82) is 5.26 Å². The molecular formula is C11H7NO3. The molecular weight excluding hydrogens is 194 g/mol. The number of rotatable bonds is 2. The van der Waals surface area contributed by atoms with Gasteiger partial charge >= 0.3 is 0 Å². The second-order valence-corrected chi connectivity index (χ2v) is 2.94. The molecule has 0 bridgehead atoms. The van der Waals surface area contributed by atoms with Crippen LogP contribution in [0.1, 0.15) is 16.1 Å². The lowest BCUT2D eigenvalue weighted by Crippen LogP contribution is -1.86. The predicted octanol–water partition coefficient (Wildman–Crippen LogP) is 2.13. The van der Waals surface area contributed by atoms with Gasteiger partial charge in [0.1, 0.15) is 6.07 Å². The molecule has 0 aliphatic heterocycles. The van der Waals surface area contributed by atoms with Crippen molar-refractivity contribution in [3.63, 3.8) is 0 Å². The van der Waals surface area contributed by atoms with Crippen molar-refractivity contribution in [2.75, 3.05) is 7.11 Å². The third-order valence-corrected chi connectivity index (χ3v) is 2.14. The van der Waals surface area contributed by atoms with Crippen LogP contribution in [0.2, 0.25) is 0 Å². The standard InChI is InChI=1S/C11H7NO3/c1-14-10-3-2-7(6-13)9-4-8(5-12)15-11(9)10/h2-4,6H,1H3. The van der Waals surface area contributed by atoms with Gasteiger partial charge in [0.05, 0.1) is 7.11 Å². The van der Waals surface area contributed by atoms with E-state index in [2.05, 4.69) is 0 Å². The highest BCUT2D eigenvalue weighted by Gasteiger charge is 2.12. The third-order valence-electron chi connectivity index (χ3n) is 2.14. The Morgan fingerprint density at radius 1 is 1.53 bits per heavy atom. The minimum atomic E-state index is 0.164. The molecule has 0 saturated heterocycles. The lowest BCUT2D eigenvalue weighted by Gasteiger charge is -2.00. The molecule has 0 N–H and O–H groups in total. The summed E-state index contributed by atoms with van der Waals surface area (Å²) in [5.41, 5.74) is 0.912. The summed E-state index contributed by atoms with van der Waals surface area (Å²) in [4.78, 5) is 10.8. The first kappa shape index (κ1) is 9.28. The van der Waals surface area contributed by atoms with Crippen LogP contribution < -0.4 is 4.74 Å².